The topological polar surface area (TPSA) is 550 Å². The minimum atomic E-state index is -1.76. The SMILES string of the molecule is CC(C)C[C@H](NC(=O)[C@H](CCC(N)=O)NC(=O)CNC(=O)[C@H](CCC(N)=O)NC(=O)[C@@H]1CCCN1C(=O)[C@H](CC(C)C)NC(=O)[C@@H]1CCCN1C(=O)[C@H](CCC(=O)O)NC(=O)[C@@H]1CCCN1C(=O)[C@@H](N)CC(C)C)C(=O)N[C@H](C(=O)N[C@@H](C)C(=O)N[C@@H](Cc1ccc(O)cc1)C(=O)O)[C@@H](C)O. The maximum atomic E-state index is 14.6. The second kappa shape index (κ2) is 40.0. The van der Waals surface area contributed by atoms with Gasteiger partial charge in [0.2, 0.25) is 82.7 Å². The van der Waals surface area contributed by atoms with Gasteiger partial charge < -0.3 is 100 Å². The highest BCUT2D eigenvalue weighted by molar-refractivity contribution is 6.00. The zero-order valence-electron chi connectivity index (χ0n) is 58.6. The average Bonchev–Trinajstić information content (AvgIpc) is 1.72. The number of nitrogens with one attached hydrogen (secondary N) is 9. The number of hydrogen-bond acceptors (Lipinski definition) is 19. The van der Waals surface area contributed by atoms with E-state index in [1.807, 2.05) is 13.8 Å². The van der Waals surface area contributed by atoms with Crippen molar-refractivity contribution in [1.29, 1.82) is 0 Å². The molecule has 0 aliphatic carbocycles. The summed E-state index contributed by atoms with van der Waals surface area (Å²) in [5.41, 5.74) is 17.5. The summed E-state index contributed by atoms with van der Waals surface area (Å²) < 4.78 is 0. The Kier molecular flexibility index (Phi) is 33.3. The Morgan fingerprint density at radius 3 is 1.37 bits per heavy atom. The van der Waals surface area contributed by atoms with Crippen LogP contribution in [0.1, 0.15) is 157 Å². The first-order chi connectivity index (χ1) is 47.4. The van der Waals surface area contributed by atoms with E-state index in [4.69, 9.17) is 17.2 Å². The summed E-state index contributed by atoms with van der Waals surface area (Å²) in [6.45, 7) is 12.5. The first kappa shape index (κ1) is 83.9. The minimum absolute atomic E-state index is 0.0187. The molecule has 35 heteroatoms. The van der Waals surface area contributed by atoms with Crippen LogP contribution >= 0.6 is 0 Å². The number of nitrogens with zero attached hydrogens (tertiary/aromatic N) is 3. The van der Waals surface area contributed by atoms with Gasteiger partial charge in [-0.25, -0.2) is 4.79 Å². The number of rotatable bonds is 40. The highest BCUT2D eigenvalue weighted by atomic mass is 16.4. The Morgan fingerprint density at radius 1 is 0.475 bits per heavy atom. The van der Waals surface area contributed by atoms with E-state index in [0.717, 1.165) is 6.92 Å². The van der Waals surface area contributed by atoms with E-state index in [-0.39, 0.29) is 94.5 Å². The van der Waals surface area contributed by atoms with Gasteiger partial charge in [-0.3, -0.25) is 71.9 Å². The Bertz CT molecular complexity index is 3150. The predicted molar refractivity (Wildman–Crippen MR) is 360 cm³/mol. The van der Waals surface area contributed by atoms with Crippen LogP contribution < -0.4 is 65.1 Å². The van der Waals surface area contributed by atoms with Crippen molar-refractivity contribution in [1.82, 2.24) is 62.6 Å². The number of likely N-dealkylation sites (tertiary alicyclic amines) is 3. The normalized spacial score (nSPS) is 18.8. The second-order valence-electron chi connectivity index (χ2n) is 27.3. The molecule has 4 rings (SSSR count). The zero-order chi connectivity index (χ0) is 75.7. The fourth-order valence-corrected chi connectivity index (χ4v) is 12.2. The predicted octanol–water partition coefficient (Wildman–Crippen LogP) is -3.75. The average molecular weight is 1430 g/mol. The van der Waals surface area contributed by atoms with Crippen molar-refractivity contribution in [3.8, 4) is 5.75 Å². The van der Waals surface area contributed by atoms with Crippen LogP contribution in [0.15, 0.2) is 24.3 Å². The van der Waals surface area contributed by atoms with Crippen molar-refractivity contribution in [2.75, 3.05) is 26.2 Å². The Labute approximate surface area is 585 Å². The van der Waals surface area contributed by atoms with E-state index in [2.05, 4.69) is 47.9 Å². The molecular formula is C66H103N15O20. The number of carboxylic acid groups (broad SMARTS) is 2. The van der Waals surface area contributed by atoms with Gasteiger partial charge in [0.1, 0.15) is 72.2 Å². The first-order valence-electron chi connectivity index (χ1n) is 34.2. The number of carboxylic acids is 2. The lowest BCUT2D eigenvalue weighted by Gasteiger charge is -2.33. The minimum Gasteiger partial charge on any atom is -0.508 e. The number of benzene rings is 1. The third kappa shape index (κ3) is 26.8. The maximum Gasteiger partial charge on any atom is 0.326 e. The van der Waals surface area contributed by atoms with E-state index in [0.29, 0.717) is 24.8 Å². The number of aliphatic carboxylic acids is 2. The molecule has 19 N–H and O–H groups in total. The van der Waals surface area contributed by atoms with Crippen molar-refractivity contribution in [3.63, 3.8) is 0 Å². The van der Waals surface area contributed by atoms with Crippen LogP contribution in [0, 0.1) is 17.8 Å². The molecule has 0 radical (unpaired) electrons. The summed E-state index contributed by atoms with van der Waals surface area (Å²) in [6.07, 6.45) is -2.61. The number of hydrogen-bond donors (Lipinski definition) is 16. The number of carbonyl (C=O) groups excluding carboxylic acids is 14. The quantitative estimate of drug-likeness (QED) is 0.0300. The third-order valence-electron chi connectivity index (χ3n) is 17.4. The molecule has 14 amide bonds. The van der Waals surface area contributed by atoms with Gasteiger partial charge in [-0.2, -0.15) is 0 Å². The molecule has 562 valence electrons. The van der Waals surface area contributed by atoms with E-state index in [1.165, 1.54) is 45.9 Å². The van der Waals surface area contributed by atoms with Crippen LogP contribution in [0.3, 0.4) is 0 Å². The highest BCUT2D eigenvalue weighted by Crippen LogP contribution is 2.26. The lowest BCUT2D eigenvalue weighted by molar-refractivity contribution is -0.146. The molecule has 0 unspecified atom stereocenters. The van der Waals surface area contributed by atoms with Gasteiger partial charge in [-0.05, 0) is 126 Å². The summed E-state index contributed by atoms with van der Waals surface area (Å²) in [5.74, 6) is -15.3. The molecule has 3 fully saturated rings. The van der Waals surface area contributed by atoms with Crippen molar-refractivity contribution in [3.05, 3.63) is 29.8 Å². The van der Waals surface area contributed by atoms with Crippen molar-refractivity contribution in [2.24, 2.45) is 35.0 Å². The van der Waals surface area contributed by atoms with Gasteiger partial charge in [0.05, 0.1) is 18.7 Å². The van der Waals surface area contributed by atoms with Crippen molar-refractivity contribution in [2.45, 2.75) is 237 Å². The molecule has 3 aliphatic heterocycles. The molecule has 101 heavy (non-hydrogen) atoms. The Hall–Kier alpha value is -9.54. The molecule has 1 aromatic rings. The third-order valence-corrected chi connectivity index (χ3v) is 17.4. The summed E-state index contributed by atoms with van der Waals surface area (Å²) in [6, 6.07) is -10.7. The van der Waals surface area contributed by atoms with E-state index in [9.17, 15) is 97.1 Å². The zero-order valence-corrected chi connectivity index (χ0v) is 58.6. The van der Waals surface area contributed by atoms with Crippen LogP contribution in [-0.2, 0) is 83.1 Å². The van der Waals surface area contributed by atoms with Gasteiger partial charge in [0.25, 0.3) is 0 Å². The molecule has 13 atom stereocenters. The largest absolute Gasteiger partial charge is 0.508 e. The molecule has 3 aliphatic rings. The number of aliphatic hydroxyl groups excluding tert-OH is 1. The van der Waals surface area contributed by atoms with Gasteiger partial charge in [-0.15, -0.1) is 0 Å². The number of nitrogens with two attached hydrogens (primary N) is 3. The number of primary amides is 2. The van der Waals surface area contributed by atoms with Crippen LogP contribution in [-0.4, -0.2) is 235 Å². The number of phenolic OH excluding ortho intramolecular Hbond substituents is 1. The van der Waals surface area contributed by atoms with Gasteiger partial charge in [0.15, 0.2) is 0 Å². The lowest BCUT2D eigenvalue weighted by atomic mass is 10.0. The molecule has 0 bridgehead atoms. The number of aromatic hydroxyl groups is 1. The van der Waals surface area contributed by atoms with Crippen LogP contribution in [0.2, 0.25) is 0 Å². The smallest absolute Gasteiger partial charge is 0.326 e. The standard InChI is InChI=1S/C66H103N15O20/c1-33(2)28-40(67)63(97)79-25-9-12-47(79)60(94)74-43(21-24-53(87)88)64(98)80-26-10-14-49(80)61(95)76-45(30-35(5)6)65(99)81-27-11-13-48(81)59(93)73-41(19-22-50(68)84)56(90)70-32-52(86)72-42(20-23-51(69)85)57(91)75-44(29-34(3)4)58(92)78-54(37(8)82)62(96)71-36(7)55(89)77-46(66(100)101)31-38-15-17-39(83)18-16-38/h15-18,33-37,40-49,54,82-83H,9-14,19-32,67H2,1-8H3,(H2,68,84)(H2,69,85)(H,70,90)(H,71,96)(H,72,86)(H,73,93)(H,74,94)(H,75,91)(H,76,95)(H,77,89)(H,78,92)(H,87,88)(H,100,101)/t36-,37+,40-,41-,42-,43-,44-,45-,46-,47-,48-,49-,54-/m0/s1. The molecule has 3 saturated heterocycles. The summed E-state index contributed by atoms with van der Waals surface area (Å²) in [5, 5.41) is 61.8. The molecule has 0 saturated carbocycles. The summed E-state index contributed by atoms with van der Waals surface area (Å²) in [4.78, 5) is 219. The Morgan fingerprint density at radius 2 is 0.901 bits per heavy atom. The maximum absolute atomic E-state index is 14.6. The number of carbonyl (C=O) groups is 16. The first-order valence-corrected chi connectivity index (χ1v) is 34.2. The molecular weight excluding hydrogens is 1320 g/mol. The lowest BCUT2D eigenvalue weighted by Crippen LogP contribution is -2.61. The van der Waals surface area contributed by atoms with Gasteiger partial charge in [0, 0.05) is 45.3 Å². The van der Waals surface area contributed by atoms with Crippen molar-refractivity contribution < 1.29 is 97.1 Å². The van der Waals surface area contributed by atoms with Gasteiger partial charge >= 0.3 is 11.9 Å². The van der Waals surface area contributed by atoms with E-state index >= 15 is 0 Å². The molecule has 0 spiro atoms. The monoisotopic (exact) mass is 1430 g/mol. The van der Waals surface area contributed by atoms with Crippen LogP contribution in [0.5, 0.6) is 5.75 Å². The number of aliphatic hydroxyl groups is 1. The van der Waals surface area contributed by atoms with Crippen molar-refractivity contribution >= 4 is 94.6 Å². The summed E-state index contributed by atoms with van der Waals surface area (Å²) >= 11 is 0. The number of amides is 14. The van der Waals surface area contributed by atoms with Crippen LogP contribution in [0.25, 0.3) is 0 Å². The fourth-order valence-electron chi connectivity index (χ4n) is 12.2. The van der Waals surface area contributed by atoms with E-state index < -0.39 is 212 Å². The van der Waals surface area contributed by atoms with E-state index in [1.54, 1.807) is 27.7 Å². The summed E-state index contributed by atoms with van der Waals surface area (Å²) in [7, 11) is 0. The van der Waals surface area contributed by atoms with Crippen LogP contribution in [0.4, 0.5) is 0 Å². The number of phenols is 1. The Balaban J connectivity index is 1.44. The second-order valence-corrected chi connectivity index (χ2v) is 27.3. The van der Waals surface area contributed by atoms with Gasteiger partial charge in [-0.1, -0.05) is 53.7 Å². The molecule has 1 aromatic carbocycles. The molecule has 35 nitrogen and oxygen atoms in total. The molecule has 0 aromatic heterocycles. The fraction of sp³-hybridized carbons (Fsp3) is 0.667. The highest BCUT2D eigenvalue weighted by Gasteiger charge is 2.45. The molecule has 3 heterocycles.